The topological polar surface area (TPSA) is 82.3 Å². The molecule has 3 N–H and O–H groups in total. The maximum Gasteiger partial charge on any atom is 0.216 e. The lowest BCUT2D eigenvalue weighted by atomic mass is 10.2. The number of ether oxygens (including phenoxy) is 2. The van der Waals surface area contributed by atoms with Crippen molar-refractivity contribution in [2.45, 2.75) is 6.04 Å². The molecule has 0 saturated carbocycles. The lowest BCUT2D eigenvalue weighted by molar-refractivity contribution is 0.165. The van der Waals surface area contributed by atoms with E-state index in [-0.39, 0.29) is 6.04 Å². The predicted octanol–water partition coefficient (Wildman–Crippen LogP) is -0.364. The summed E-state index contributed by atoms with van der Waals surface area (Å²) in [6.45, 7) is 0.441. The van der Waals surface area contributed by atoms with E-state index in [2.05, 4.69) is 15.4 Å². The monoisotopic (exact) mass is 198 g/mol. The summed E-state index contributed by atoms with van der Waals surface area (Å²) in [7, 11) is 3.15. The van der Waals surface area contributed by atoms with Gasteiger partial charge in [-0.05, 0) is 0 Å². The first kappa shape index (κ1) is 10.8. The number of hydrogen-bond acceptors (Lipinski definition) is 6. The zero-order valence-electron chi connectivity index (χ0n) is 8.23. The molecule has 0 aliphatic rings. The van der Waals surface area contributed by atoms with Crippen LogP contribution in [0.5, 0.6) is 5.88 Å². The van der Waals surface area contributed by atoms with E-state index in [1.807, 2.05) is 0 Å². The van der Waals surface area contributed by atoms with Crippen LogP contribution in [0.15, 0.2) is 12.4 Å². The first-order chi connectivity index (χ1) is 6.81. The van der Waals surface area contributed by atoms with Gasteiger partial charge in [0.1, 0.15) is 6.33 Å². The van der Waals surface area contributed by atoms with E-state index in [0.717, 1.165) is 5.69 Å². The molecule has 0 fully saturated rings. The summed E-state index contributed by atoms with van der Waals surface area (Å²) in [6, 6.07) is 1.56. The second kappa shape index (κ2) is 5.48. The Labute approximate surface area is 82.4 Å². The van der Waals surface area contributed by atoms with Crippen molar-refractivity contribution in [3.05, 3.63) is 18.1 Å². The van der Waals surface area contributed by atoms with Crippen LogP contribution < -0.4 is 16.0 Å². The van der Waals surface area contributed by atoms with Crippen LogP contribution in [-0.2, 0) is 4.74 Å². The highest BCUT2D eigenvalue weighted by atomic mass is 16.5. The normalized spacial score (nSPS) is 12.5. The second-order valence-corrected chi connectivity index (χ2v) is 2.66. The summed E-state index contributed by atoms with van der Waals surface area (Å²) in [6.07, 6.45) is 1.42. The Morgan fingerprint density at radius 1 is 1.50 bits per heavy atom. The highest BCUT2D eigenvalue weighted by molar-refractivity contribution is 5.16. The van der Waals surface area contributed by atoms with E-state index >= 15 is 0 Å². The van der Waals surface area contributed by atoms with Gasteiger partial charge in [-0.1, -0.05) is 0 Å². The molecule has 0 aliphatic heterocycles. The molecule has 1 atom stereocenters. The first-order valence-electron chi connectivity index (χ1n) is 4.12. The number of methoxy groups -OCH3 is 2. The Morgan fingerprint density at radius 3 is 2.86 bits per heavy atom. The Kier molecular flexibility index (Phi) is 4.24. The maximum atomic E-state index is 5.35. The third-order valence-corrected chi connectivity index (χ3v) is 1.76. The minimum atomic E-state index is -0.156. The molecule has 0 spiro atoms. The van der Waals surface area contributed by atoms with Gasteiger partial charge >= 0.3 is 0 Å². The molecule has 78 valence electrons. The zero-order valence-corrected chi connectivity index (χ0v) is 8.23. The number of hydrazine groups is 1. The number of nitrogens with zero attached hydrogens (tertiary/aromatic N) is 2. The fourth-order valence-electron chi connectivity index (χ4n) is 1.04. The predicted molar refractivity (Wildman–Crippen MR) is 50.5 cm³/mol. The van der Waals surface area contributed by atoms with Crippen molar-refractivity contribution in [2.24, 2.45) is 5.84 Å². The van der Waals surface area contributed by atoms with E-state index in [1.165, 1.54) is 6.33 Å². The lowest BCUT2D eigenvalue weighted by Gasteiger charge is -2.13. The third kappa shape index (κ3) is 2.63. The number of aromatic nitrogens is 2. The molecule has 1 heterocycles. The largest absolute Gasteiger partial charge is 0.481 e. The summed E-state index contributed by atoms with van der Waals surface area (Å²) in [5, 5.41) is 0. The van der Waals surface area contributed by atoms with Crippen LogP contribution in [0.1, 0.15) is 11.7 Å². The average Bonchev–Trinajstić information content (AvgIpc) is 2.26. The van der Waals surface area contributed by atoms with Gasteiger partial charge in [-0.25, -0.2) is 15.4 Å². The fourth-order valence-corrected chi connectivity index (χ4v) is 1.04. The molecule has 0 bridgehead atoms. The number of nitrogens with two attached hydrogens (primary N) is 1. The molecule has 0 aromatic carbocycles. The summed E-state index contributed by atoms with van der Waals surface area (Å²) in [5.74, 6) is 5.86. The summed E-state index contributed by atoms with van der Waals surface area (Å²) in [5.41, 5.74) is 3.34. The SMILES string of the molecule is COCC(NN)c1cc(OC)ncn1. The average molecular weight is 198 g/mol. The number of hydrogen-bond donors (Lipinski definition) is 2. The van der Waals surface area contributed by atoms with Gasteiger partial charge in [-0.15, -0.1) is 0 Å². The molecule has 1 unspecified atom stereocenters. The van der Waals surface area contributed by atoms with Gasteiger partial charge in [0.05, 0.1) is 25.5 Å². The Balaban J connectivity index is 2.80. The fraction of sp³-hybridized carbons (Fsp3) is 0.500. The van der Waals surface area contributed by atoms with Crippen LogP contribution >= 0.6 is 0 Å². The standard InChI is InChI=1S/C8H14N4O2/c1-13-4-7(12-9)6-3-8(14-2)11-5-10-6/h3,5,7,12H,4,9H2,1-2H3. The molecular weight excluding hydrogens is 184 g/mol. The molecule has 6 nitrogen and oxygen atoms in total. The van der Waals surface area contributed by atoms with Crippen molar-refractivity contribution in [2.75, 3.05) is 20.8 Å². The van der Waals surface area contributed by atoms with Crippen molar-refractivity contribution >= 4 is 0 Å². The Hall–Kier alpha value is -1.24. The molecule has 0 aliphatic carbocycles. The molecule has 0 amide bonds. The van der Waals surface area contributed by atoms with E-state index in [1.54, 1.807) is 20.3 Å². The molecule has 1 aromatic rings. The smallest absolute Gasteiger partial charge is 0.216 e. The maximum absolute atomic E-state index is 5.35. The highest BCUT2D eigenvalue weighted by Gasteiger charge is 2.11. The van der Waals surface area contributed by atoms with Gasteiger partial charge in [-0.2, -0.15) is 0 Å². The molecule has 1 aromatic heterocycles. The van der Waals surface area contributed by atoms with Crippen molar-refractivity contribution in [1.29, 1.82) is 0 Å². The van der Waals surface area contributed by atoms with Gasteiger partial charge in [0.2, 0.25) is 5.88 Å². The van der Waals surface area contributed by atoms with Gasteiger partial charge < -0.3 is 9.47 Å². The quantitative estimate of drug-likeness (QED) is 0.496. The summed E-state index contributed by atoms with van der Waals surface area (Å²) < 4.78 is 9.95. The molecular formula is C8H14N4O2. The van der Waals surface area contributed by atoms with Gasteiger partial charge in [0, 0.05) is 13.2 Å². The zero-order chi connectivity index (χ0) is 10.4. The van der Waals surface area contributed by atoms with Gasteiger partial charge in [-0.3, -0.25) is 5.84 Å². The summed E-state index contributed by atoms with van der Waals surface area (Å²) in [4.78, 5) is 7.96. The van der Waals surface area contributed by atoms with Crippen LogP contribution in [0, 0.1) is 0 Å². The van der Waals surface area contributed by atoms with Crippen molar-refractivity contribution in [3.63, 3.8) is 0 Å². The van der Waals surface area contributed by atoms with Crippen molar-refractivity contribution < 1.29 is 9.47 Å². The third-order valence-electron chi connectivity index (χ3n) is 1.76. The summed E-state index contributed by atoms with van der Waals surface area (Å²) >= 11 is 0. The van der Waals surface area contributed by atoms with E-state index in [0.29, 0.717) is 12.5 Å². The lowest BCUT2D eigenvalue weighted by Crippen LogP contribution is -2.31. The van der Waals surface area contributed by atoms with Crippen LogP contribution in [0.4, 0.5) is 0 Å². The highest BCUT2D eigenvalue weighted by Crippen LogP contribution is 2.13. The molecule has 1 rings (SSSR count). The number of rotatable bonds is 5. The van der Waals surface area contributed by atoms with Gasteiger partial charge in [0.15, 0.2) is 0 Å². The second-order valence-electron chi connectivity index (χ2n) is 2.66. The minimum Gasteiger partial charge on any atom is -0.481 e. The van der Waals surface area contributed by atoms with Crippen molar-refractivity contribution in [1.82, 2.24) is 15.4 Å². The van der Waals surface area contributed by atoms with Crippen molar-refractivity contribution in [3.8, 4) is 5.88 Å². The van der Waals surface area contributed by atoms with Crippen LogP contribution in [0.25, 0.3) is 0 Å². The molecule has 0 saturated heterocycles. The molecule has 6 heteroatoms. The van der Waals surface area contributed by atoms with E-state index in [9.17, 15) is 0 Å². The van der Waals surface area contributed by atoms with Crippen LogP contribution in [0.2, 0.25) is 0 Å². The van der Waals surface area contributed by atoms with E-state index in [4.69, 9.17) is 15.3 Å². The first-order valence-corrected chi connectivity index (χ1v) is 4.12. The van der Waals surface area contributed by atoms with Crippen LogP contribution in [0.3, 0.4) is 0 Å². The van der Waals surface area contributed by atoms with Crippen LogP contribution in [-0.4, -0.2) is 30.8 Å². The molecule has 14 heavy (non-hydrogen) atoms. The minimum absolute atomic E-state index is 0.156. The Morgan fingerprint density at radius 2 is 2.29 bits per heavy atom. The van der Waals surface area contributed by atoms with E-state index < -0.39 is 0 Å². The number of nitrogens with one attached hydrogen (secondary N) is 1. The Bertz CT molecular complexity index is 282. The van der Waals surface area contributed by atoms with Gasteiger partial charge in [0.25, 0.3) is 0 Å². The molecule has 0 radical (unpaired) electrons.